The smallest absolute Gasteiger partial charge is 0.327 e. The highest BCUT2D eigenvalue weighted by Gasteiger charge is 2.06. The standard InChI is InChI=1S/C10H19N3O2/c1-3-4-11-7-9(14)8-13-6-5-12(2)10(13)15/h5-6,9,11,14H,3-4,7-8H2,1-2H3. The van der Waals surface area contributed by atoms with Crippen LogP contribution in [0, 0.1) is 0 Å². The Balaban J connectivity index is 2.41. The molecule has 0 bridgehead atoms. The van der Waals surface area contributed by atoms with E-state index in [1.165, 1.54) is 9.13 Å². The summed E-state index contributed by atoms with van der Waals surface area (Å²) in [7, 11) is 1.69. The molecule has 0 aliphatic carbocycles. The van der Waals surface area contributed by atoms with Crippen LogP contribution in [0.3, 0.4) is 0 Å². The quantitative estimate of drug-likeness (QED) is 0.629. The van der Waals surface area contributed by atoms with Crippen LogP contribution >= 0.6 is 0 Å². The van der Waals surface area contributed by atoms with Gasteiger partial charge in [-0.3, -0.25) is 4.57 Å². The van der Waals surface area contributed by atoms with E-state index < -0.39 is 6.10 Å². The zero-order valence-electron chi connectivity index (χ0n) is 9.31. The molecule has 1 aromatic rings. The van der Waals surface area contributed by atoms with Crippen LogP contribution in [0.25, 0.3) is 0 Å². The first-order valence-corrected chi connectivity index (χ1v) is 5.25. The van der Waals surface area contributed by atoms with Crippen molar-refractivity contribution in [3.05, 3.63) is 22.9 Å². The molecule has 0 aliphatic heterocycles. The average Bonchev–Trinajstić information content (AvgIpc) is 2.50. The van der Waals surface area contributed by atoms with Gasteiger partial charge in [0.2, 0.25) is 0 Å². The first-order valence-electron chi connectivity index (χ1n) is 5.25. The number of aliphatic hydroxyl groups is 1. The molecular weight excluding hydrogens is 194 g/mol. The summed E-state index contributed by atoms with van der Waals surface area (Å²) in [6.07, 6.45) is 3.90. The fourth-order valence-electron chi connectivity index (χ4n) is 1.39. The third kappa shape index (κ3) is 3.53. The van der Waals surface area contributed by atoms with Gasteiger partial charge in [-0.2, -0.15) is 0 Å². The van der Waals surface area contributed by atoms with Gasteiger partial charge in [-0.1, -0.05) is 6.92 Å². The van der Waals surface area contributed by atoms with Gasteiger partial charge in [0.1, 0.15) is 0 Å². The van der Waals surface area contributed by atoms with E-state index in [9.17, 15) is 9.90 Å². The molecule has 1 atom stereocenters. The summed E-state index contributed by atoms with van der Waals surface area (Å²) in [4.78, 5) is 11.4. The van der Waals surface area contributed by atoms with Crippen LogP contribution in [0.2, 0.25) is 0 Å². The van der Waals surface area contributed by atoms with Gasteiger partial charge in [0.25, 0.3) is 0 Å². The van der Waals surface area contributed by atoms with E-state index >= 15 is 0 Å². The zero-order chi connectivity index (χ0) is 11.3. The molecule has 0 aromatic carbocycles. The Morgan fingerprint density at radius 1 is 1.53 bits per heavy atom. The lowest BCUT2D eigenvalue weighted by Gasteiger charge is -2.11. The Bertz CT molecular complexity index is 343. The van der Waals surface area contributed by atoms with Gasteiger partial charge in [-0.05, 0) is 13.0 Å². The van der Waals surface area contributed by atoms with E-state index in [2.05, 4.69) is 12.2 Å². The Morgan fingerprint density at radius 2 is 2.27 bits per heavy atom. The van der Waals surface area contributed by atoms with E-state index in [0.29, 0.717) is 13.1 Å². The Morgan fingerprint density at radius 3 is 2.80 bits per heavy atom. The number of nitrogens with one attached hydrogen (secondary N) is 1. The van der Waals surface area contributed by atoms with Gasteiger partial charge in [0, 0.05) is 26.0 Å². The van der Waals surface area contributed by atoms with Crippen LogP contribution in [0.4, 0.5) is 0 Å². The van der Waals surface area contributed by atoms with E-state index in [1.807, 2.05) is 0 Å². The van der Waals surface area contributed by atoms with Crippen LogP contribution in [0.5, 0.6) is 0 Å². The highest BCUT2D eigenvalue weighted by Crippen LogP contribution is 1.88. The maximum absolute atomic E-state index is 11.4. The molecule has 1 aromatic heterocycles. The third-order valence-corrected chi connectivity index (χ3v) is 2.23. The van der Waals surface area contributed by atoms with Gasteiger partial charge >= 0.3 is 5.69 Å². The molecule has 1 heterocycles. The normalized spacial score (nSPS) is 13.0. The van der Waals surface area contributed by atoms with E-state index in [0.717, 1.165) is 13.0 Å². The van der Waals surface area contributed by atoms with Crippen LogP contribution in [-0.4, -0.2) is 33.4 Å². The minimum Gasteiger partial charge on any atom is -0.390 e. The second-order valence-electron chi connectivity index (χ2n) is 3.70. The number of rotatable bonds is 6. The second kappa shape index (κ2) is 5.72. The van der Waals surface area contributed by atoms with Crippen molar-refractivity contribution in [2.75, 3.05) is 13.1 Å². The minimum absolute atomic E-state index is 0.0930. The topological polar surface area (TPSA) is 59.2 Å². The van der Waals surface area contributed by atoms with Gasteiger partial charge in [0.15, 0.2) is 0 Å². The summed E-state index contributed by atoms with van der Waals surface area (Å²) < 4.78 is 3.00. The van der Waals surface area contributed by atoms with Crippen molar-refractivity contribution < 1.29 is 5.11 Å². The summed E-state index contributed by atoms with van der Waals surface area (Å²) in [5, 5.41) is 12.7. The van der Waals surface area contributed by atoms with Crippen molar-refractivity contribution in [2.24, 2.45) is 7.05 Å². The first kappa shape index (κ1) is 12.0. The van der Waals surface area contributed by atoms with E-state index in [-0.39, 0.29) is 5.69 Å². The first-order chi connectivity index (χ1) is 7.15. The van der Waals surface area contributed by atoms with Crippen molar-refractivity contribution in [1.82, 2.24) is 14.5 Å². The molecule has 0 radical (unpaired) electrons. The number of imidazole rings is 1. The summed E-state index contributed by atoms with van der Waals surface area (Å²) in [6, 6.07) is 0. The second-order valence-corrected chi connectivity index (χ2v) is 3.70. The molecule has 0 spiro atoms. The summed E-state index contributed by atoms with van der Waals surface area (Å²) in [6.45, 7) is 3.83. The highest BCUT2D eigenvalue weighted by atomic mass is 16.3. The fraction of sp³-hybridized carbons (Fsp3) is 0.700. The molecular formula is C10H19N3O2. The molecule has 0 fully saturated rings. The minimum atomic E-state index is -0.517. The predicted octanol–water partition coefficient (Wildman–Crippen LogP) is -0.453. The van der Waals surface area contributed by atoms with Crippen LogP contribution < -0.4 is 11.0 Å². The maximum Gasteiger partial charge on any atom is 0.327 e. The molecule has 5 nitrogen and oxygen atoms in total. The lowest BCUT2D eigenvalue weighted by atomic mass is 10.3. The predicted molar refractivity (Wildman–Crippen MR) is 58.8 cm³/mol. The summed E-state index contributed by atoms with van der Waals surface area (Å²) >= 11 is 0. The highest BCUT2D eigenvalue weighted by molar-refractivity contribution is 4.81. The number of aromatic nitrogens is 2. The van der Waals surface area contributed by atoms with Crippen molar-refractivity contribution in [3.8, 4) is 0 Å². The van der Waals surface area contributed by atoms with Gasteiger partial charge in [-0.15, -0.1) is 0 Å². The van der Waals surface area contributed by atoms with E-state index in [4.69, 9.17) is 0 Å². The Hall–Kier alpha value is -1.07. The van der Waals surface area contributed by atoms with Gasteiger partial charge < -0.3 is 15.0 Å². The molecule has 0 amide bonds. The van der Waals surface area contributed by atoms with Crippen molar-refractivity contribution in [2.45, 2.75) is 26.0 Å². The molecule has 5 heteroatoms. The average molecular weight is 213 g/mol. The number of aryl methyl sites for hydroxylation is 1. The largest absolute Gasteiger partial charge is 0.390 e. The monoisotopic (exact) mass is 213 g/mol. The Labute approximate surface area is 89.3 Å². The molecule has 15 heavy (non-hydrogen) atoms. The van der Waals surface area contributed by atoms with Crippen LogP contribution in [-0.2, 0) is 13.6 Å². The molecule has 0 saturated heterocycles. The fourth-order valence-corrected chi connectivity index (χ4v) is 1.39. The molecule has 86 valence electrons. The Kier molecular flexibility index (Phi) is 4.58. The van der Waals surface area contributed by atoms with Crippen molar-refractivity contribution in [3.63, 3.8) is 0 Å². The van der Waals surface area contributed by atoms with E-state index in [1.54, 1.807) is 19.4 Å². The lowest BCUT2D eigenvalue weighted by molar-refractivity contribution is 0.150. The number of hydrogen-bond acceptors (Lipinski definition) is 3. The number of aliphatic hydroxyl groups excluding tert-OH is 1. The van der Waals surface area contributed by atoms with Gasteiger partial charge in [0.05, 0.1) is 12.6 Å². The van der Waals surface area contributed by atoms with Gasteiger partial charge in [-0.25, -0.2) is 4.79 Å². The summed E-state index contributed by atoms with van der Waals surface area (Å²) in [5.41, 5.74) is -0.0930. The molecule has 2 N–H and O–H groups in total. The third-order valence-electron chi connectivity index (χ3n) is 2.23. The SMILES string of the molecule is CCCNCC(O)Cn1ccn(C)c1=O. The molecule has 0 aliphatic rings. The van der Waals surface area contributed by atoms with Crippen molar-refractivity contribution in [1.29, 1.82) is 0 Å². The van der Waals surface area contributed by atoms with Crippen LogP contribution in [0.15, 0.2) is 17.2 Å². The lowest BCUT2D eigenvalue weighted by Crippen LogP contribution is -2.34. The molecule has 0 saturated carbocycles. The summed E-state index contributed by atoms with van der Waals surface area (Å²) in [5.74, 6) is 0. The molecule has 1 unspecified atom stereocenters. The van der Waals surface area contributed by atoms with Crippen molar-refractivity contribution >= 4 is 0 Å². The number of hydrogen-bond donors (Lipinski definition) is 2. The maximum atomic E-state index is 11.4. The zero-order valence-corrected chi connectivity index (χ0v) is 9.31. The van der Waals surface area contributed by atoms with Crippen LogP contribution in [0.1, 0.15) is 13.3 Å². The molecule has 1 rings (SSSR count). The number of nitrogens with zero attached hydrogens (tertiary/aromatic N) is 2.